The number of benzene rings is 3. The molecule has 0 aliphatic carbocycles. The molecule has 0 saturated carbocycles. The highest BCUT2D eigenvalue weighted by Crippen LogP contribution is 2.33. The van der Waals surface area contributed by atoms with Crippen molar-refractivity contribution in [2.75, 3.05) is 17.8 Å². The SMILES string of the molecule is O=C(c1cccc(S(=O)(=O)Nc2ccccc2F)c1)N1CCC[C@H](c2nc3ccccc3s2)C1. The topological polar surface area (TPSA) is 79.4 Å². The summed E-state index contributed by atoms with van der Waals surface area (Å²) in [6.45, 7) is 1.13. The maximum absolute atomic E-state index is 13.9. The van der Waals surface area contributed by atoms with Gasteiger partial charge in [-0.3, -0.25) is 9.52 Å². The van der Waals surface area contributed by atoms with E-state index in [2.05, 4.69) is 4.72 Å². The van der Waals surface area contributed by atoms with Crippen LogP contribution in [0.1, 0.15) is 34.1 Å². The van der Waals surface area contributed by atoms with E-state index in [1.807, 2.05) is 24.3 Å². The summed E-state index contributed by atoms with van der Waals surface area (Å²) in [6, 6.07) is 19.4. The van der Waals surface area contributed by atoms with Crippen molar-refractivity contribution in [3.05, 3.63) is 89.2 Å². The summed E-state index contributed by atoms with van der Waals surface area (Å²) in [7, 11) is -4.06. The summed E-state index contributed by atoms with van der Waals surface area (Å²) in [5.74, 6) is -0.758. The molecule has 6 nitrogen and oxygen atoms in total. The van der Waals surface area contributed by atoms with E-state index in [0.29, 0.717) is 13.1 Å². The monoisotopic (exact) mass is 495 g/mol. The quantitative estimate of drug-likeness (QED) is 0.410. The minimum Gasteiger partial charge on any atom is -0.338 e. The van der Waals surface area contributed by atoms with Gasteiger partial charge in [-0.05, 0) is 55.3 Å². The Balaban J connectivity index is 1.35. The molecular weight excluding hydrogens is 473 g/mol. The first kappa shape index (κ1) is 22.5. The van der Waals surface area contributed by atoms with E-state index in [0.717, 1.165) is 28.1 Å². The molecule has 1 amide bonds. The minimum atomic E-state index is -4.06. The van der Waals surface area contributed by atoms with Gasteiger partial charge in [0, 0.05) is 24.6 Å². The molecule has 3 aromatic carbocycles. The Labute approximate surface area is 201 Å². The van der Waals surface area contributed by atoms with Crippen molar-refractivity contribution in [3.8, 4) is 0 Å². The highest BCUT2D eigenvalue weighted by molar-refractivity contribution is 7.92. The average molecular weight is 496 g/mol. The fourth-order valence-corrected chi connectivity index (χ4v) is 6.36. The maximum atomic E-state index is 13.9. The van der Waals surface area contributed by atoms with Crippen LogP contribution in [0.3, 0.4) is 0 Å². The molecule has 34 heavy (non-hydrogen) atoms. The predicted octanol–water partition coefficient (Wildman–Crippen LogP) is 5.26. The number of nitrogens with zero attached hydrogens (tertiary/aromatic N) is 2. The number of piperidine rings is 1. The van der Waals surface area contributed by atoms with Crippen LogP contribution in [0.5, 0.6) is 0 Å². The van der Waals surface area contributed by atoms with Crippen LogP contribution in [-0.4, -0.2) is 37.3 Å². The van der Waals surface area contributed by atoms with Crippen LogP contribution in [0, 0.1) is 5.82 Å². The van der Waals surface area contributed by atoms with Gasteiger partial charge in [0.15, 0.2) is 0 Å². The number of hydrogen-bond donors (Lipinski definition) is 1. The molecule has 1 atom stereocenters. The Morgan fingerprint density at radius 1 is 1.06 bits per heavy atom. The third kappa shape index (κ3) is 4.53. The van der Waals surface area contributed by atoms with Crippen LogP contribution in [0.2, 0.25) is 0 Å². The summed E-state index contributed by atoms with van der Waals surface area (Å²) in [6.07, 6.45) is 1.80. The number of likely N-dealkylation sites (tertiary alicyclic amines) is 1. The Morgan fingerprint density at radius 2 is 1.85 bits per heavy atom. The molecule has 1 fully saturated rings. The van der Waals surface area contributed by atoms with Crippen LogP contribution >= 0.6 is 11.3 Å². The molecule has 1 aliphatic heterocycles. The number of amides is 1. The number of nitrogens with one attached hydrogen (secondary N) is 1. The number of sulfonamides is 1. The van der Waals surface area contributed by atoms with Gasteiger partial charge in [0.25, 0.3) is 15.9 Å². The number of fused-ring (bicyclic) bond motifs is 1. The highest BCUT2D eigenvalue weighted by Gasteiger charge is 2.28. The first-order valence-electron chi connectivity index (χ1n) is 10.9. The van der Waals surface area contributed by atoms with Crippen LogP contribution in [0.4, 0.5) is 10.1 Å². The fraction of sp³-hybridized carbons (Fsp3) is 0.200. The Kier molecular flexibility index (Phi) is 6.05. The van der Waals surface area contributed by atoms with E-state index in [1.165, 1.54) is 36.4 Å². The molecular formula is C25H22FN3O3S2. The largest absolute Gasteiger partial charge is 0.338 e. The Bertz CT molecular complexity index is 1440. The number of hydrogen-bond acceptors (Lipinski definition) is 5. The van der Waals surface area contributed by atoms with Gasteiger partial charge < -0.3 is 4.90 Å². The lowest BCUT2D eigenvalue weighted by molar-refractivity contribution is 0.0707. The summed E-state index contributed by atoms with van der Waals surface area (Å²) in [4.78, 5) is 19.7. The van der Waals surface area contributed by atoms with Crippen molar-refractivity contribution >= 4 is 43.2 Å². The van der Waals surface area contributed by atoms with E-state index in [1.54, 1.807) is 28.4 Å². The predicted molar refractivity (Wildman–Crippen MR) is 131 cm³/mol. The van der Waals surface area contributed by atoms with Crippen molar-refractivity contribution in [2.45, 2.75) is 23.7 Å². The van der Waals surface area contributed by atoms with E-state index in [4.69, 9.17) is 4.98 Å². The molecule has 0 bridgehead atoms. The van der Waals surface area contributed by atoms with Gasteiger partial charge in [0.2, 0.25) is 0 Å². The molecule has 0 unspecified atom stereocenters. The smallest absolute Gasteiger partial charge is 0.262 e. The second kappa shape index (κ2) is 9.15. The lowest BCUT2D eigenvalue weighted by atomic mass is 9.98. The van der Waals surface area contributed by atoms with Gasteiger partial charge in [0.1, 0.15) is 5.82 Å². The number of halogens is 1. The maximum Gasteiger partial charge on any atom is 0.262 e. The first-order valence-corrected chi connectivity index (χ1v) is 13.2. The number of rotatable bonds is 5. The van der Waals surface area contributed by atoms with Crippen molar-refractivity contribution in [2.24, 2.45) is 0 Å². The van der Waals surface area contributed by atoms with Gasteiger partial charge in [-0.2, -0.15) is 0 Å². The normalized spacial score (nSPS) is 16.5. The third-order valence-corrected chi connectivity index (χ3v) is 8.44. The molecule has 4 aromatic rings. The zero-order valence-corrected chi connectivity index (χ0v) is 19.8. The molecule has 1 N–H and O–H groups in total. The van der Waals surface area contributed by atoms with E-state index in [-0.39, 0.29) is 28.0 Å². The number of thiazole rings is 1. The summed E-state index contributed by atoms with van der Waals surface area (Å²) < 4.78 is 43.0. The van der Waals surface area contributed by atoms with Crippen LogP contribution in [0.25, 0.3) is 10.2 Å². The molecule has 1 saturated heterocycles. The zero-order chi connectivity index (χ0) is 23.7. The Hall–Kier alpha value is -3.30. The van der Waals surface area contributed by atoms with Gasteiger partial charge >= 0.3 is 0 Å². The van der Waals surface area contributed by atoms with Crippen molar-refractivity contribution in [3.63, 3.8) is 0 Å². The second-order valence-corrected chi connectivity index (χ2v) is 11.0. The number of anilines is 1. The van der Waals surface area contributed by atoms with Crippen molar-refractivity contribution in [1.82, 2.24) is 9.88 Å². The molecule has 5 rings (SSSR count). The van der Waals surface area contributed by atoms with Crippen LogP contribution in [-0.2, 0) is 10.0 Å². The number of carbonyl (C=O) groups is 1. The van der Waals surface area contributed by atoms with Crippen molar-refractivity contribution in [1.29, 1.82) is 0 Å². The second-order valence-electron chi connectivity index (χ2n) is 8.22. The lowest BCUT2D eigenvalue weighted by Crippen LogP contribution is -2.39. The molecule has 0 radical (unpaired) electrons. The van der Waals surface area contributed by atoms with Crippen molar-refractivity contribution < 1.29 is 17.6 Å². The van der Waals surface area contributed by atoms with Crippen LogP contribution < -0.4 is 4.72 Å². The molecule has 1 aliphatic rings. The molecule has 174 valence electrons. The summed E-state index contributed by atoms with van der Waals surface area (Å²) in [5.41, 5.74) is 1.10. The Morgan fingerprint density at radius 3 is 2.68 bits per heavy atom. The van der Waals surface area contributed by atoms with E-state index in [9.17, 15) is 17.6 Å². The molecule has 2 heterocycles. The van der Waals surface area contributed by atoms with Crippen LogP contribution in [0.15, 0.2) is 77.7 Å². The number of para-hydroxylation sites is 2. The molecule has 0 spiro atoms. The minimum absolute atomic E-state index is 0.0960. The van der Waals surface area contributed by atoms with Gasteiger partial charge in [-0.25, -0.2) is 17.8 Å². The van der Waals surface area contributed by atoms with Gasteiger partial charge in [-0.1, -0.05) is 30.3 Å². The third-order valence-electron chi connectivity index (χ3n) is 5.88. The number of aromatic nitrogens is 1. The van der Waals surface area contributed by atoms with E-state index < -0.39 is 15.8 Å². The standard InChI is InChI=1S/C25H22FN3O3S2/c26-20-10-1-2-11-21(20)28-34(31,32)19-9-5-7-17(15-19)25(30)29-14-6-8-18(16-29)24-27-22-12-3-4-13-23(22)33-24/h1-5,7,9-13,15,18,28H,6,8,14,16H2/t18-/m0/s1. The average Bonchev–Trinajstić information content (AvgIpc) is 3.30. The highest BCUT2D eigenvalue weighted by atomic mass is 32.2. The lowest BCUT2D eigenvalue weighted by Gasteiger charge is -2.32. The van der Waals surface area contributed by atoms with E-state index >= 15 is 0 Å². The van der Waals surface area contributed by atoms with Gasteiger partial charge in [0.05, 0.1) is 25.8 Å². The molecule has 1 aromatic heterocycles. The first-order chi connectivity index (χ1) is 16.4. The number of carbonyl (C=O) groups excluding carboxylic acids is 1. The summed E-state index contributed by atoms with van der Waals surface area (Å²) >= 11 is 1.65. The fourth-order valence-electron chi connectivity index (χ4n) is 4.15. The van der Waals surface area contributed by atoms with Gasteiger partial charge in [-0.15, -0.1) is 11.3 Å². The molecule has 9 heteroatoms. The summed E-state index contributed by atoms with van der Waals surface area (Å²) in [5, 5.41) is 1.02. The zero-order valence-electron chi connectivity index (χ0n) is 18.1.